The maximum Gasteiger partial charge on any atom is 0.337 e. The fourth-order valence-corrected chi connectivity index (χ4v) is 4.31. The van der Waals surface area contributed by atoms with E-state index in [0.717, 1.165) is 28.2 Å². The van der Waals surface area contributed by atoms with Gasteiger partial charge in [0.25, 0.3) is 0 Å². The number of aromatic nitrogens is 6. The summed E-state index contributed by atoms with van der Waals surface area (Å²) in [7, 11) is 6.44. The van der Waals surface area contributed by atoms with Gasteiger partial charge in [-0.15, -0.1) is 11.6 Å². The second kappa shape index (κ2) is 13.0. The number of halogens is 1. The van der Waals surface area contributed by atoms with Crippen molar-refractivity contribution in [2.45, 2.75) is 19.0 Å². The Morgan fingerprint density at radius 1 is 0.902 bits per heavy atom. The Balaban J connectivity index is 0.000000191. The van der Waals surface area contributed by atoms with E-state index in [9.17, 15) is 9.59 Å². The zero-order valence-electron chi connectivity index (χ0n) is 23.2. The van der Waals surface area contributed by atoms with Crippen molar-refractivity contribution in [3.63, 3.8) is 0 Å². The molecule has 0 atom stereocenters. The zero-order chi connectivity index (χ0) is 29.5. The Morgan fingerprint density at radius 2 is 1.51 bits per heavy atom. The Bertz CT molecular complexity index is 1670. The van der Waals surface area contributed by atoms with Crippen LogP contribution >= 0.6 is 11.6 Å². The topological polar surface area (TPSA) is 144 Å². The Morgan fingerprint density at radius 3 is 2.10 bits per heavy atom. The number of fused-ring (bicyclic) bond motifs is 1. The number of carbonyl (C=O) groups excluding carboxylic acids is 2. The fourth-order valence-electron chi connectivity index (χ4n) is 4.10. The summed E-state index contributed by atoms with van der Waals surface area (Å²) >= 11 is 6.00. The second-order valence-corrected chi connectivity index (χ2v) is 9.32. The summed E-state index contributed by atoms with van der Waals surface area (Å²) in [6.45, 7) is 1.08. The lowest BCUT2D eigenvalue weighted by atomic mass is 10.1. The molecule has 0 aliphatic heterocycles. The molecule has 41 heavy (non-hydrogen) atoms. The lowest BCUT2D eigenvalue weighted by Gasteiger charge is -2.09. The van der Waals surface area contributed by atoms with Gasteiger partial charge < -0.3 is 25.1 Å². The van der Waals surface area contributed by atoms with Crippen LogP contribution in [0.1, 0.15) is 37.9 Å². The summed E-state index contributed by atoms with van der Waals surface area (Å²) in [6, 6.07) is 14.1. The molecule has 0 radical (unpaired) electrons. The number of alkyl halides is 1. The Kier molecular flexibility index (Phi) is 9.25. The Hall–Kier alpha value is -4.84. The minimum Gasteiger partial charge on any atom is -0.465 e. The number of esters is 2. The molecule has 3 N–H and O–H groups in total. The fraction of sp³-hybridized carbons (Fsp3) is 0.250. The van der Waals surface area contributed by atoms with Gasteiger partial charge in [0.2, 0.25) is 0 Å². The van der Waals surface area contributed by atoms with Gasteiger partial charge in [0.05, 0.1) is 78.1 Å². The van der Waals surface area contributed by atoms with Crippen LogP contribution < -0.4 is 11.1 Å². The highest BCUT2D eigenvalue weighted by molar-refractivity contribution is 6.16. The van der Waals surface area contributed by atoms with Crippen LogP contribution in [0.2, 0.25) is 0 Å². The molecule has 0 saturated carbocycles. The van der Waals surface area contributed by atoms with Crippen molar-refractivity contribution in [2.75, 3.05) is 25.3 Å². The molecule has 5 aromatic rings. The van der Waals surface area contributed by atoms with E-state index < -0.39 is 0 Å². The van der Waals surface area contributed by atoms with Gasteiger partial charge in [-0.3, -0.25) is 9.36 Å². The van der Waals surface area contributed by atoms with E-state index in [-0.39, 0.29) is 17.8 Å². The van der Waals surface area contributed by atoms with Crippen LogP contribution in [0.3, 0.4) is 0 Å². The Labute approximate surface area is 241 Å². The summed E-state index contributed by atoms with van der Waals surface area (Å²) in [5.41, 5.74) is 11.5. The molecule has 13 heteroatoms. The molecule has 0 spiro atoms. The van der Waals surface area contributed by atoms with E-state index in [1.165, 1.54) is 14.2 Å². The van der Waals surface area contributed by atoms with Crippen molar-refractivity contribution < 1.29 is 19.1 Å². The van der Waals surface area contributed by atoms with Crippen molar-refractivity contribution in [3.8, 4) is 0 Å². The molecule has 3 heterocycles. The molecule has 214 valence electrons. The third-order valence-electron chi connectivity index (χ3n) is 6.16. The van der Waals surface area contributed by atoms with Crippen molar-refractivity contribution in [1.82, 2.24) is 29.1 Å². The number of imidazole rings is 1. The van der Waals surface area contributed by atoms with Crippen LogP contribution in [0.25, 0.3) is 11.0 Å². The van der Waals surface area contributed by atoms with E-state index in [4.69, 9.17) is 22.1 Å². The van der Waals surface area contributed by atoms with Crippen molar-refractivity contribution in [3.05, 3.63) is 89.3 Å². The molecule has 12 nitrogen and oxygen atoms in total. The third kappa shape index (κ3) is 7.03. The minimum atomic E-state index is -0.388. The molecule has 0 fully saturated rings. The number of carbonyl (C=O) groups is 2. The number of hydrogen-bond donors (Lipinski definition) is 2. The number of nitrogens with two attached hydrogens (primary N) is 1. The van der Waals surface area contributed by atoms with Crippen LogP contribution in [-0.2, 0) is 42.5 Å². The third-order valence-corrected chi connectivity index (χ3v) is 6.40. The normalized spacial score (nSPS) is 10.7. The van der Waals surface area contributed by atoms with Crippen LogP contribution in [-0.4, -0.2) is 55.3 Å². The molecular formula is C28H31ClN8O4. The summed E-state index contributed by atoms with van der Waals surface area (Å²) in [4.78, 5) is 27.7. The van der Waals surface area contributed by atoms with E-state index in [0.29, 0.717) is 35.6 Å². The van der Waals surface area contributed by atoms with Gasteiger partial charge in [-0.05, 0) is 48.5 Å². The van der Waals surface area contributed by atoms with Gasteiger partial charge in [-0.1, -0.05) is 0 Å². The number of nitrogens with one attached hydrogen (secondary N) is 1. The van der Waals surface area contributed by atoms with Gasteiger partial charge in [0.1, 0.15) is 5.82 Å². The first-order valence-corrected chi connectivity index (χ1v) is 13.1. The number of benzene rings is 2. The van der Waals surface area contributed by atoms with Gasteiger partial charge >= 0.3 is 11.9 Å². The van der Waals surface area contributed by atoms with Crippen LogP contribution in [0.4, 0.5) is 11.4 Å². The standard InChI is InChI=1S/C15H15ClN4O2.C13H16N4O2/c1-19-6-5-11(18-19)9-20-13-7-10(15(21)22-2)3-4-12(13)17-14(20)8-16;1-17-6-5-10(16-17)8-15-12-7-9(13(18)19-2)3-4-11(12)14/h3-7H,8-9H2,1-2H3;3-7,15H,8,14H2,1-2H3. The average molecular weight is 579 g/mol. The van der Waals surface area contributed by atoms with E-state index in [1.807, 2.05) is 43.2 Å². The molecule has 3 aromatic heterocycles. The van der Waals surface area contributed by atoms with Gasteiger partial charge in [-0.2, -0.15) is 10.2 Å². The molecule has 0 saturated heterocycles. The first kappa shape index (κ1) is 29.2. The lowest BCUT2D eigenvalue weighted by molar-refractivity contribution is 0.0592. The summed E-state index contributed by atoms with van der Waals surface area (Å²) in [5, 5.41) is 11.8. The van der Waals surface area contributed by atoms with Gasteiger partial charge in [-0.25, -0.2) is 14.6 Å². The highest BCUT2D eigenvalue weighted by atomic mass is 35.5. The number of anilines is 2. The van der Waals surface area contributed by atoms with Crippen LogP contribution in [0.5, 0.6) is 0 Å². The number of hydrogen-bond acceptors (Lipinski definition) is 9. The molecule has 0 bridgehead atoms. The number of nitrogens with zero attached hydrogens (tertiary/aromatic N) is 6. The van der Waals surface area contributed by atoms with E-state index in [1.54, 1.807) is 45.8 Å². The molecule has 0 aliphatic rings. The molecule has 2 aromatic carbocycles. The second-order valence-electron chi connectivity index (χ2n) is 9.05. The molecule has 0 unspecified atom stereocenters. The van der Waals surface area contributed by atoms with Crippen LogP contribution in [0.15, 0.2) is 60.9 Å². The monoisotopic (exact) mass is 578 g/mol. The number of methoxy groups -OCH3 is 2. The quantitative estimate of drug-likeness (QED) is 0.160. The SMILES string of the molecule is COC(=O)c1ccc(N)c(NCc2ccn(C)n2)c1.COC(=O)c1ccc2nc(CCl)n(Cc3ccn(C)n3)c2c1. The van der Waals surface area contributed by atoms with Gasteiger partial charge in [0, 0.05) is 26.5 Å². The lowest BCUT2D eigenvalue weighted by Crippen LogP contribution is -2.07. The first-order valence-electron chi connectivity index (χ1n) is 12.5. The van der Waals surface area contributed by atoms with E-state index >= 15 is 0 Å². The minimum absolute atomic E-state index is 0.287. The highest BCUT2D eigenvalue weighted by Crippen LogP contribution is 2.22. The molecule has 0 aliphatic carbocycles. The summed E-state index contributed by atoms with van der Waals surface area (Å²) in [6.07, 6.45) is 3.75. The van der Waals surface area contributed by atoms with Crippen molar-refractivity contribution in [1.29, 1.82) is 0 Å². The molecule has 0 amide bonds. The van der Waals surface area contributed by atoms with Gasteiger partial charge in [0.15, 0.2) is 0 Å². The maximum atomic E-state index is 11.7. The molecular weight excluding hydrogens is 548 g/mol. The molecule has 5 rings (SSSR count). The number of ether oxygens (including phenoxy) is 2. The zero-order valence-corrected chi connectivity index (χ0v) is 23.9. The highest BCUT2D eigenvalue weighted by Gasteiger charge is 2.15. The van der Waals surface area contributed by atoms with E-state index in [2.05, 4.69) is 25.2 Å². The largest absolute Gasteiger partial charge is 0.465 e. The number of aryl methyl sites for hydroxylation is 2. The number of nitrogen functional groups attached to an aromatic ring is 1. The predicted octanol–water partition coefficient (Wildman–Crippen LogP) is 3.74. The summed E-state index contributed by atoms with van der Waals surface area (Å²) < 4.78 is 14.9. The predicted molar refractivity (Wildman–Crippen MR) is 156 cm³/mol. The first-order chi connectivity index (χ1) is 19.7. The summed E-state index contributed by atoms with van der Waals surface area (Å²) in [5.74, 6) is 0.264. The van der Waals surface area contributed by atoms with Crippen molar-refractivity contribution >= 4 is 45.9 Å². The van der Waals surface area contributed by atoms with Crippen LogP contribution in [0, 0.1) is 0 Å². The maximum absolute atomic E-state index is 11.7. The smallest absolute Gasteiger partial charge is 0.337 e. The van der Waals surface area contributed by atoms with Crippen molar-refractivity contribution in [2.24, 2.45) is 14.1 Å². The average Bonchev–Trinajstić information content (AvgIpc) is 3.69. The number of rotatable bonds is 8.